The van der Waals surface area contributed by atoms with E-state index in [1.807, 2.05) is 16.7 Å². The fourth-order valence-corrected chi connectivity index (χ4v) is 4.66. The first kappa shape index (κ1) is 20.7. The Hall–Kier alpha value is -3.23. The van der Waals surface area contributed by atoms with Gasteiger partial charge >= 0.3 is 6.18 Å². The molecule has 168 valence electrons. The Morgan fingerprint density at radius 1 is 1.12 bits per heavy atom. The topological polar surface area (TPSA) is 50.1 Å². The molecule has 3 aromatic rings. The number of ether oxygens (including phenoxy) is 1. The number of rotatable bonds is 4. The molecule has 5 rings (SSSR count). The summed E-state index contributed by atoms with van der Waals surface area (Å²) in [6, 6.07) is 7.69. The van der Waals surface area contributed by atoms with E-state index < -0.39 is 18.6 Å². The Balaban J connectivity index is 1.52. The molecule has 6 nitrogen and oxygen atoms in total. The molecule has 0 N–H and O–H groups in total. The molecule has 0 spiro atoms. The van der Waals surface area contributed by atoms with E-state index in [-0.39, 0.29) is 17.9 Å². The van der Waals surface area contributed by atoms with Gasteiger partial charge in [0.05, 0.1) is 24.6 Å². The number of benzene rings is 1. The normalized spacial score (nSPS) is 16.7. The Bertz CT molecular complexity index is 1160. The number of alkyl halides is 3. The maximum atomic E-state index is 12.9. The summed E-state index contributed by atoms with van der Waals surface area (Å²) in [5, 5.41) is 0. The lowest BCUT2D eigenvalue weighted by atomic mass is 9.94. The smallest absolute Gasteiger partial charge is 0.406 e. The van der Waals surface area contributed by atoms with E-state index in [1.165, 1.54) is 20.0 Å². The van der Waals surface area contributed by atoms with Crippen molar-refractivity contribution in [3.05, 3.63) is 47.8 Å². The van der Waals surface area contributed by atoms with E-state index in [0.29, 0.717) is 12.0 Å². The van der Waals surface area contributed by atoms with E-state index in [9.17, 15) is 18.0 Å². The molecule has 1 amide bonds. The predicted molar refractivity (Wildman–Crippen MR) is 114 cm³/mol. The summed E-state index contributed by atoms with van der Waals surface area (Å²) < 4.78 is 46.0. The standard InChI is InChI=1S/C23H23F3N4O2/c1-32-19-11-16(10-15-4-8-29(14-23(24,25)26)22(31)21(15)19)18-13-27-20-12-17(5-9-30(18)20)28-6-2-3-7-28/h5,9-13H,2-4,6-8,14H2,1H3. The fourth-order valence-electron chi connectivity index (χ4n) is 4.66. The van der Waals surface area contributed by atoms with Gasteiger partial charge in [-0.05, 0) is 43.0 Å². The van der Waals surface area contributed by atoms with E-state index in [4.69, 9.17) is 4.74 Å². The zero-order valence-corrected chi connectivity index (χ0v) is 17.7. The first-order valence-corrected chi connectivity index (χ1v) is 10.6. The number of carbonyl (C=O) groups excluding carboxylic acids is 1. The van der Waals surface area contributed by atoms with Crippen molar-refractivity contribution in [1.82, 2.24) is 14.3 Å². The number of imidazole rings is 1. The number of hydrogen-bond donors (Lipinski definition) is 0. The molecule has 1 saturated heterocycles. The first-order chi connectivity index (χ1) is 15.3. The molecule has 0 radical (unpaired) electrons. The Morgan fingerprint density at radius 3 is 2.62 bits per heavy atom. The van der Waals surface area contributed by atoms with Crippen LogP contribution in [0.1, 0.15) is 28.8 Å². The molecule has 2 aliphatic rings. The number of hydrogen-bond acceptors (Lipinski definition) is 4. The molecule has 0 bridgehead atoms. The summed E-state index contributed by atoms with van der Waals surface area (Å²) in [6.07, 6.45) is 2.03. The van der Waals surface area contributed by atoms with Crippen molar-refractivity contribution in [2.45, 2.75) is 25.4 Å². The summed E-state index contributed by atoms with van der Waals surface area (Å²) in [4.78, 5) is 20.5. The molecule has 32 heavy (non-hydrogen) atoms. The van der Waals surface area contributed by atoms with Gasteiger partial charge in [0.15, 0.2) is 0 Å². The molecular weight excluding hydrogens is 421 g/mol. The van der Waals surface area contributed by atoms with Gasteiger partial charge < -0.3 is 14.5 Å². The first-order valence-electron chi connectivity index (χ1n) is 10.6. The number of pyridine rings is 1. The van der Waals surface area contributed by atoms with Gasteiger partial charge in [-0.2, -0.15) is 13.2 Å². The van der Waals surface area contributed by atoms with E-state index in [2.05, 4.69) is 22.0 Å². The van der Waals surface area contributed by atoms with Crippen molar-refractivity contribution in [3.63, 3.8) is 0 Å². The molecule has 0 unspecified atom stereocenters. The molecule has 2 aromatic heterocycles. The van der Waals surface area contributed by atoms with Gasteiger partial charge in [-0.3, -0.25) is 9.20 Å². The highest BCUT2D eigenvalue weighted by molar-refractivity contribution is 6.00. The fraction of sp³-hybridized carbons (Fsp3) is 0.391. The predicted octanol–water partition coefficient (Wildman–Crippen LogP) is 4.17. The van der Waals surface area contributed by atoms with Crippen molar-refractivity contribution < 1.29 is 22.7 Å². The van der Waals surface area contributed by atoms with Crippen molar-refractivity contribution >= 4 is 17.2 Å². The maximum absolute atomic E-state index is 12.9. The number of anilines is 1. The second-order valence-electron chi connectivity index (χ2n) is 8.26. The van der Waals surface area contributed by atoms with Crippen molar-refractivity contribution in [3.8, 4) is 17.0 Å². The summed E-state index contributed by atoms with van der Waals surface area (Å²) in [5.41, 5.74) is 4.49. The Labute approximate surface area is 183 Å². The van der Waals surface area contributed by atoms with Crippen molar-refractivity contribution in [2.24, 2.45) is 0 Å². The summed E-state index contributed by atoms with van der Waals surface area (Å²) in [7, 11) is 1.42. The number of carbonyl (C=O) groups is 1. The summed E-state index contributed by atoms with van der Waals surface area (Å²) >= 11 is 0. The van der Waals surface area contributed by atoms with Gasteiger partial charge in [-0.1, -0.05) is 0 Å². The molecule has 9 heteroatoms. The van der Waals surface area contributed by atoms with Crippen LogP contribution < -0.4 is 9.64 Å². The Kier molecular flexibility index (Phi) is 4.98. The molecule has 4 heterocycles. The molecule has 0 saturated carbocycles. The molecule has 1 fully saturated rings. The van der Waals surface area contributed by atoms with Crippen LogP contribution in [0.4, 0.5) is 18.9 Å². The number of amides is 1. The highest BCUT2D eigenvalue weighted by atomic mass is 19.4. The average molecular weight is 444 g/mol. The molecule has 2 aliphatic heterocycles. The van der Waals surface area contributed by atoms with Crippen LogP contribution >= 0.6 is 0 Å². The number of halogens is 3. The summed E-state index contributed by atoms with van der Waals surface area (Å²) in [6.45, 7) is 0.851. The van der Waals surface area contributed by atoms with Crippen LogP contribution in [0.25, 0.3) is 16.9 Å². The van der Waals surface area contributed by atoms with Gasteiger partial charge in [-0.25, -0.2) is 4.98 Å². The van der Waals surface area contributed by atoms with E-state index in [0.717, 1.165) is 40.6 Å². The molecule has 0 atom stereocenters. The lowest BCUT2D eigenvalue weighted by Gasteiger charge is -2.30. The number of aromatic nitrogens is 2. The maximum Gasteiger partial charge on any atom is 0.406 e. The third-order valence-corrected chi connectivity index (χ3v) is 6.19. The van der Waals surface area contributed by atoms with Gasteiger partial charge in [0.2, 0.25) is 0 Å². The summed E-state index contributed by atoms with van der Waals surface area (Å²) in [5.74, 6) is -0.376. The van der Waals surface area contributed by atoms with Crippen LogP contribution in [0.15, 0.2) is 36.7 Å². The van der Waals surface area contributed by atoms with Gasteiger partial charge in [0, 0.05) is 43.1 Å². The van der Waals surface area contributed by atoms with Crippen LogP contribution in [0.3, 0.4) is 0 Å². The minimum Gasteiger partial charge on any atom is -0.496 e. The molecule has 0 aliphatic carbocycles. The third-order valence-electron chi connectivity index (χ3n) is 6.19. The number of methoxy groups -OCH3 is 1. The van der Waals surface area contributed by atoms with Gasteiger partial charge in [0.25, 0.3) is 5.91 Å². The highest BCUT2D eigenvalue weighted by Gasteiger charge is 2.37. The van der Waals surface area contributed by atoms with Crippen molar-refractivity contribution in [2.75, 3.05) is 38.2 Å². The van der Waals surface area contributed by atoms with Crippen molar-refractivity contribution in [1.29, 1.82) is 0 Å². The van der Waals surface area contributed by atoms with Crippen LogP contribution in [0, 0.1) is 0 Å². The monoisotopic (exact) mass is 444 g/mol. The van der Waals surface area contributed by atoms with E-state index >= 15 is 0 Å². The van der Waals surface area contributed by atoms with Crippen LogP contribution in [-0.4, -0.2) is 59.7 Å². The molecular formula is C23H23F3N4O2. The number of fused-ring (bicyclic) bond motifs is 2. The second-order valence-corrected chi connectivity index (χ2v) is 8.26. The zero-order valence-electron chi connectivity index (χ0n) is 17.7. The highest BCUT2D eigenvalue weighted by Crippen LogP contribution is 2.35. The van der Waals surface area contributed by atoms with Crippen LogP contribution in [0.5, 0.6) is 5.75 Å². The minimum atomic E-state index is -4.44. The average Bonchev–Trinajstić information content (AvgIpc) is 3.43. The Morgan fingerprint density at radius 2 is 1.91 bits per heavy atom. The van der Waals surface area contributed by atoms with Gasteiger partial charge in [-0.15, -0.1) is 0 Å². The third kappa shape index (κ3) is 3.65. The second kappa shape index (κ2) is 7.72. The minimum absolute atomic E-state index is 0.0182. The van der Waals surface area contributed by atoms with Gasteiger partial charge in [0.1, 0.15) is 17.9 Å². The number of nitrogens with zero attached hydrogens (tertiary/aromatic N) is 4. The lowest BCUT2D eigenvalue weighted by molar-refractivity contribution is -0.141. The SMILES string of the molecule is COc1cc(-c2cnc3cc(N4CCCC4)ccn23)cc2c1C(=O)N(CC(F)(F)F)CC2. The quantitative estimate of drug-likeness (QED) is 0.606. The zero-order chi connectivity index (χ0) is 22.5. The van der Waals surface area contributed by atoms with E-state index in [1.54, 1.807) is 12.3 Å². The van der Waals surface area contributed by atoms with Crippen LogP contribution in [-0.2, 0) is 6.42 Å². The molecule has 1 aromatic carbocycles. The lowest BCUT2D eigenvalue weighted by Crippen LogP contribution is -2.43. The van der Waals surface area contributed by atoms with Crippen LogP contribution in [0.2, 0.25) is 0 Å². The largest absolute Gasteiger partial charge is 0.496 e.